The Balaban J connectivity index is 4.06. The maximum atomic E-state index is 11.9. The second-order valence-electron chi connectivity index (χ2n) is 4.55. The lowest BCUT2D eigenvalue weighted by molar-refractivity contribution is -0.133. The summed E-state index contributed by atoms with van der Waals surface area (Å²) in [6.07, 6.45) is 1.45. The Hall–Kier alpha value is -0.610. The van der Waals surface area contributed by atoms with Gasteiger partial charge in [-0.2, -0.15) is 0 Å². The van der Waals surface area contributed by atoms with Crippen molar-refractivity contribution < 1.29 is 9.53 Å². The predicted octanol–water partition coefficient (Wildman–Crippen LogP) is 1.24. The zero-order valence-corrected chi connectivity index (χ0v) is 11.0. The molecule has 1 unspecified atom stereocenters. The van der Waals surface area contributed by atoms with Gasteiger partial charge >= 0.3 is 0 Å². The molecule has 0 saturated heterocycles. The number of hydrogen-bond acceptors (Lipinski definition) is 3. The largest absolute Gasteiger partial charge is 0.383 e. The van der Waals surface area contributed by atoms with Crippen LogP contribution in [0.1, 0.15) is 33.6 Å². The van der Waals surface area contributed by atoms with Crippen LogP contribution in [0, 0.1) is 5.92 Å². The first kappa shape index (κ1) is 15.4. The molecule has 0 aliphatic carbocycles. The van der Waals surface area contributed by atoms with Gasteiger partial charge in [-0.15, -0.1) is 0 Å². The molecule has 0 heterocycles. The van der Waals surface area contributed by atoms with Crippen molar-refractivity contribution in [3.8, 4) is 0 Å². The molecule has 0 aliphatic rings. The third kappa shape index (κ3) is 6.08. The average Bonchev–Trinajstić information content (AvgIpc) is 2.25. The highest BCUT2D eigenvalue weighted by atomic mass is 16.5. The Morgan fingerprint density at radius 3 is 2.44 bits per heavy atom. The Labute approximate surface area is 99.1 Å². The summed E-state index contributed by atoms with van der Waals surface area (Å²) in [5, 5.41) is 0. The molecule has 4 heteroatoms. The summed E-state index contributed by atoms with van der Waals surface area (Å²) < 4.78 is 5.01. The van der Waals surface area contributed by atoms with Crippen molar-refractivity contribution in [3.63, 3.8) is 0 Å². The van der Waals surface area contributed by atoms with E-state index < -0.39 is 0 Å². The standard InChI is InChI=1S/C12H26N2O2/c1-10(2)14(7-8-16-4)12(15)6-5-11(3)9-13/h10-11H,5-9,13H2,1-4H3. The van der Waals surface area contributed by atoms with Crippen molar-refractivity contribution >= 4 is 5.91 Å². The van der Waals surface area contributed by atoms with E-state index in [-0.39, 0.29) is 11.9 Å². The minimum Gasteiger partial charge on any atom is -0.383 e. The Morgan fingerprint density at radius 1 is 1.38 bits per heavy atom. The molecular formula is C12H26N2O2. The predicted molar refractivity (Wildman–Crippen MR) is 66.2 cm³/mol. The minimum absolute atomic E-state index is 0.201. The summed E-state index contributed by atoms with van der Waals surface area (Å²) in [5.41, 5.74) is 5.53. The molecule has 0 aromatic rings. The molecule has 16 heavy (non-hydrogen) atoms. The van der Waals surface area contributed by atoms with Gasteiger partial charge in [0.1, 0.15) is 0 Å². The number of methoxy groups -OCH3 is 1. The highest BCUT2D eigenvalue weighted by Crippen LogP contribution is 2.08. The van der Waals surface area contributed by atoms with E-state index in [1.807, 2.05) is 18.7 Å². The van der Waals surface area contributed by atoms with Gasteiger partial charge in [-0.25, -0.2) is 0 Å². The number of carbonyl (C=O) groups is 1. The van der Waals surface area contributed by atoms with Crippen LogP contribution in [0.25, 0.3) is 0 Å². The van der Waals surface area contributed by atoms with E-state index in [0.717, 1.165) is 6.42 Å². The molecule has 0 bridgehead atoms. The normalized spacial score (nSPS) is 12.9. The van der Waals surface area contributed by atoms with E-state index in [1.54, 1.807) is 7.11 Å². The first-order valence-electron chi connectivity index (χ1n) is 6.01. The van der Waals surface area contributed by atoms with Crippen LogP contribution in [0.2, 0.25) is 0 Å². The summed E-state index contributed by atoms with van der Waals surface area (Å²) in [7, 11) is 1.65. The van der Waals surface area contributed by atoms with Crippen molar-refractivity contribution in [2.75, 3.05) is 26.8 Å². The molecule has 4 nitrogen and oxygen atoms in total. The van der Waals surface area contributed by atoms with Gasteiger partial charge < -0.3 is 15.4 Å². The number of amides is 1. The Bertz CT molecular complexity index is 195. The first-order chi connectivity index (χ1) is 7.52. The van der Waals surface area contributed by atoms with Crippen molar-refractivity contribution in [2.24, 2.45) is 11.7 Å². The maximum Gasteiger partial charge on any atom is 0.222 e. The molecule has 1 atom stereocenters. The molecule has 0 radical (unpaired) electrons. The van der Waals surface area contributed by atoms with Gasteiger partial charge in [0.05, 0.1) is 6.61 Å². The number of carbonyl (C=O) groups excluding carboxylic acids is 1. The number of nitrogens with two attached hydrogens (primary N) is 1. The van der Waals surface area contributed by atoms with Crippen LogP contribution in [0.4, 0.5) is 0 Å². The molecule has 96 valence electrons. The van der Waals surface area contributed by atoms with Crippen molar-refractivity contribution in [3.05, 3.63) is 0 Å². The van der Waals surface area contributed by atoms with Gasteiger partial charge in [-0.3, -0.25) is 4.79 Å². The minimum atomic E-state index is 0.201. The summed E-state index contributed by atoms with van der Waals surface area (Å²) in [4.78, 5) is 13.8. The molecular weight excluding hydrogens is 204 g/mol. The summed E-state index contributed by atoms with van der Waals surface area (Å²) in [5.74, 6) is 0.618. The fraction of sp³-hybridized carbons (Fsp3) is 0.917. The zero-order chi connectivity index (χ0) is 12.6. The number of hydrogen-bond donors (Lipinski definition) is 1. The summed E-state index contributed by atoms with van der Waals surface area (Å²) in [6.45, 7) is 8.04. The molecule has 1 amide bonds. The first-order valence-corrected chi connectivity index (χ1v) is 6.01. The number of nitrogens with zero attached hydrogens (tertiary/aromatic N) is 1. The van der Waals surface area contributed by atoms with E-state index in [0.29, 0.717) is 32.0 Å². The maximum absolute atomic E-state index is 11.9. The highest BCUT2D eigenvalue weighted by molar-refractivity contribution is 5.76. The van der Waals surface area contributed by atoms with Crippen LogP contribution in [-0.4, -0.2) is 43.7 Å². The fourth-order valence-corrected chi connectivity index (χ4v) is 1.49. The van der Waals surface area contributed by atoms with Gasteiger partial charge in [0.15, 0.2) is 0 Å². The van der Waals surface area contributed by atoms with Gasteiger partial charge in [0, 0.05) is 26.1 Å². The van der Waals surface area contributed by atoms with E-state index >= 15 is 0 Å². The molecule has 0 aromatic carbocycles. The topological polar surface area (TPSA) is 55.6 Å². The lowest BCUT2D eigenvalue weighted by Crippen LogP contribution is -2.39. The van der Waals surface area contributed by atoms with Gasteiger partial charge in [-0.1, -0.05) is 6.92 Å². The fourth-order valence-electron chi connectivity index (χ4n) is 1.49. The molecule has 0 fully saturated rings. The molecule has 0 aliphatic heterocycles. The van der Waals surface area contributed by atoms with Crippen LogP contribution in [0.5, 0.6) is 0 Å². The third-order valence-electron chi connectivity index (χ3n) is 2.73. The van der Waals surface area contributed by atoms with Crippen LogP contribution in [-0.2, 0) is 9.53 Å². The Morgan fingerprint density at radius 2 is 2.00 bits per heavy atom. The van der Waals surface area contributed by atoms with Gasteiger partial charge in [-0.05, 0) is 32.7 Å². The SMILES string of the molecule is COCCN(C(=O)CCC(C)CN)C(C)C. The number of ether oxygens (including phenoxy) is 1. The lowest BCUT2D eigenvalue weighted by Gasteiger charge is -2.27. The molecule has 0 saturated carbocycles. The molecule has 0 rings (SSSR count). The Kier molecular flexibility index (Phi) is 8.21. The molecule has 0 aromatic heterocycles. The van der Waals surface area contributed by atoms with Crippen LogP contribution >= 0.6 is 0 Å². The lowest BCUT2D eigenvalue weighted by atomic mass is 10.1. The van der Waals surface area contributed by atoms with Crippen molar-refractivity contribution in [2.45, 2.75) is 39.7 Å². The second-order valence-corrected chi connectivity index (χ2v) is 4.55. The second kappa shape index (κ2) is 8.53. The van der Waals surface area contributed by atoms with Crippen LogP contribution in [0.15, 0.2) is 0 Å². The van der Waals surface area contributed by atoms with Crippen LogP contribution < -0.4 is 5.73 Å². The summed E-state index contributed by atoms with van der Waals surface area (Å²) in [6, 6.07) is 0.232. The monoisotopic (exact) mass is 230 g/mol. The third-order valence-corrected chi connectivity index (χ3v) is 2.73. The molecule has 2 N–H and O–H groups in total. The van der Waals surface area contributed by atoms with Crippen molar-refractivity contribution in [1.29, 1.82) is 0 Å². The highest BCUT2D eigenvalue weighted by Gasteiger charge is 2.16. The van der Waals surface area contributed by atoms with Crippen LogP contribution in [0.3, 0.4) is 0 Å². The van der Waals surface area contributed by atoms with E-state index in [4.69, 9.17) is 10.5 Å². The number of rotatable bonds is 8. The van der Waals surface area contributed by atoms with Gasteiger partial charge in [0.25, 0.3) is 0 Å². The van der Waals surface area contributed by atoms with E-state index in [1.165, 1.54) is 0 Å². The van der Waals surface area contributed by atoms with E-state index in [2.05, 4.69) is 6.92 Å². The smallest absolute Gasteiger partial charge is 0.222 e. The van der Waals surface area contributed by atoms with Crippen molar-refractivity contribution in [1.82, 2.24) is 4.90 Å². The zero-order valence-electron chi connectivity index (χ0n) is 11.0. The van der Waals surface area contributed by atoms with Gasteiger partial charge in [0.2, 0.25) is 5.91 Å². The average molecular weight is 230 g/mol. The quantitative estimate of drug-likeness (QED) is 0.682. The summed E-state index contributed by atoms with van der Waals surface area (Å²) >= 11 is 0. The van der Waals surface area contributed by atoms with E-state index in [9.17, 15) is 4.79 Å². The molecule has 0 spiro atoms.